The zero-order valence-electron chi connectivity index (χ0n) is 11.4. The van der Waals surface area contributed by atoms with Crippen molar-refractivity contribution < 1.29 is 18.0 Å². The molecule has 0 aliphatic rings. The Morgan fingerprint density at radius 3 is 2.55 bits per heavy atom. The summed E-state index contributed by atoms with van der Waals surface area (Å²) in [5, 5.41) is 2.56. The Bertz CT molecular complexity index is 611. The molecular weight excluding hydrogens is 280 g/mol. The predicted molar refractivity (Wildman–Crippen MR) is 77.4 cm³/mol. The van der Waals surface area contributed by atoms with Gasteiger partial charge in [-0.3, -0.25) is 9.59 Å². The average Bonchev–Trinajstić information content (AvgIpc) is 2.35. The van der Waals surface area contributed by atoms with Crippen molar-refractivity contribution in [2.45, 2.75) is 19.4 Å². The summed E-state index contributed by atoms with van der Waals surface area (Å²) in [6, 6.07) is 5.55. The lowest BCUT2D eigenvalue weighted by molar-refractivity contribution is -0.117. The Morgan fingerprint density at radius 1 is 1.35 bits per heavy atom. The SMILES string of the molecule is CC(=O)c1cccc(NC(=O)C(N)CCS(C)(=O)=O)c1. The van der Waals surface area contributed by atoms with Crippen LogP contribution in [0, 0.1) is 0 Å². The standard InChI is InChI=1S/C13H18N2O4S/c1-9(16)10-4-3-5-11(8-10)15-13(17)12(14)6-7-20(2,18)19/h3-5,8,12H,6-7,14H2,1-2H3,(H,15,17). The van der Waals surface area contributed by atoms with Crippen molar-refractivity contribution >= 4 is 27.2 Å². The second-order valence-corrected chi connectivity index (χ2v) is 6.91. The molecule has 0 saturated carbocycles. The number of carbonyl (C=O) groups excluding carboxylic acids is 2. The molecule has 0 saturated heterocycles. The van der Waals surface area contributed by atoms with Crippen LogP contribution in [0.1, 0.15) is 23.7 Å². The van der Waals surface area contributed by atoms with Crippen LogP contribution >= 0.6 is 0 Å². The number of sulfone groups is 1. The molecule has 0 aromatic heterocycles. The Kier molecular flexibility index (Phi) is 5.41. The van der Waals surface area contributed by atoms with Crippen LogP contribution in [-0.4, -0.2) is 38.2 Å². The second-order valence-electron chi connectivity index (χ2n) is 4.65. The summed E-state index contributed by atoms with van der Waals surface area (Å²) in [6.45, 7) is 1.43. The summed E-state index contributed by atoms with van der Waals surface area (Å²) in [5.41, 5.74) is 6.56. The number of nitrogens with two attached hydrogens (primary N) is 1. The van der Waals surface area contributed by atoms with E-state index in [9.17, 15) is 18.0 Å². The molecule has 0 fully saturated rings. The number of hydrogen-bond donors (Lipinski definition) is 2. The van der Waals surface area contributed by atoms with Gasteiger partial charge in [0.1, 0.15) is 9.84 Å². The molecule has 0 aliphatic carbocycles. The van der Waals surface area contributed by atoms with E-state index in [0.29, 0.717) is 11.3 Å². The molecule has 0 radical (unpaired) electrons. The smallest absolute Gasteiger partial charge is 0.241 e. The van der Waals surface area contributed by atoms with Gasteiger partial charge in [0, 0.05) is 17.5 Å². The summed E-state index contributed by atoms with van der Waals surface area (Å²) in [5.74, 6) is -0.730. The molecule has 1 amide bonds. The fourth-order valence-electron chi connectivity index (χ4n) is 1.52. The third-order valence-corrected chi connectivity index (χ3v) is 3.65. The van der Waals surface area contributed by atoms with Gasteiger partial charge in [-0.25, -0.2) is 8.42 Å². The Hall–Kier alpha value is -1.73. The summed E-state index contributed by atoms with van der Waals surface area (Å²) >= 11 is 0. The fourth-order valence-corrected chi connectivity index (χ4v) is 2.21. The minimum atomic E-state index is -3.15. The third kappa shape index (κ3) is 5.50. The van der Waals surface area contributed by atoms with Gasteiger partial charge in [0.15, 0.2) is 5.78 Å². The van der Waals surface area contributed by atoms with Crippen molar-refractivity contribution in [3.63, 3.8) is 0 Å². The van der Waals surface area contributed by atoms with Gasteiger partial charge < -0.3 is 11.1 Å². The largest absolute Gasteiger partial charge is 0.325 e. The number of carbonyl (C=O) groups is 2. The van der Waals surface area contributed by atoms with E-state index >= 15 is 0 Å². The quantitative estimate of drug-likeness (QED) is 0.748. The summed E-state index contributed by atoms with van der Waals surface area (Å²) in [6.07, 6.45) is 1.14. The lowest BCUT2D eigenvalue weighted by atomic mass is 10.1. The fraction of sp³-hybridized carbons (Fsp3) is 0.385. The van der Waals surface area contributed by atoms with Gasteiger partial charge in [-0.15, -0.1) is 0 Å². The highest BCUT2D eigenvalue weighted by molar-refractivity contribution is 7.90. The molecule has 110 valence electrons. The summed E-state index contributed by atoms with van der Waals surface area (Å²) in [4.78, 5) is 23.0. The second kappa shape index (κ2) is 6.62. The molecule has 1 unspecified atom stereocenters. The van der Waals surface area contributed by atoms with Gasteiger partial charge in [-0.05, 0) is 25.5 Å². The minimum absolute atomic E-state index is 0.0526. The average molecular weight is 298 g/mol. The van der Waals surface area contributed by atoms with Crippen LogP contribution in [0.15, 0.2) is 24.3 Å². The molecule has 1 aromatic rings. The molecular formula is C13H18N2O4S. The van der Waals surface area contributed by atoms with Crippen LogP contribution in [0.4, 0.5) is 5.69 Å². The molecule has 0 heterocycles. The van der Waals surface area contributed by atoms with E-state index in [0.717, 1.165) is 6.26 Å². The van der Waals surface area contributed by atoms with Crippen molar-refractivity contribution in [2.75, 3.05) is 17.3 Å². The normalized spacial score (nSPS) is 12.8. The predicted octanol–water partition coefficient (Wildman–Crippen LogP) is 0.590. The van der Waals surface area contributed by atoms with Crippen molar-refractivity contribution in [3.8, 4) is 0 Å². The third-order valence-electron chi connectivity index (χ3n) is 2.67. The summed E-state index contributed by atoms with van der Waals surface area (Å²) < 4.78 is 22.0. The topological polar surface area (TPSA) is 106 Å². The van der Waals surface area contributed by atoms with Crippen LogP contribution in [0.2, 0.25) is 0 Å². The number of rotatable bonds is 6. The Morgan fingerprint density at radius 2 is 2.00 bits per heavy atom. The molecule has 7 heteroatoms. The first-order valence-corrected chi connectivity index (χ1v) is 8.10. The van der Waals surface area contributed by atoms with Crippen molar-refractivity contribution in [3.05, 3.63) is 29.8 Å². The molecule has 6 nitrogen and oxygen atoms in total. The van der Waals surface area contributed by atoms with E-state index in [4.69, 9.17) is 5.73 Å². The van der Waals surface area contributed by atoms with Gasteiger partial charge >= 0.3 is 0 Å². The molecule has 3 N–H and O–H groups in total. The van der Waals surface area contributed by atoms with E-state index < -0.39 is 21.8 Å². The number of anilines is 1. The first-order valence-electron chi connectivity index (χ1n) is 6.04. The lowest BCUT2D eigenvalue weighted by Crippen LogP contribution is -2.37. The van der Waals surface area contributed by atoms with Crippen LogP contribution in [0.3, 0.4) is 0 Å². The molecule has 1 atom stereocenters. The summed E-state index contributed by atoms with van der Waals surface area (Å²) in [7, 11) is -3.15. The van der Waals surface area contributed by atoms with E-state index in [1.165, 1.54) is 6.92 Å². The maximum absolute atomic E-state index is 11.8. The molecule has 1 rings (SSSR count). The number of ketones is 1. The molecule has 1 aromatic carbocycles. The monoisotopic (exact) mass is 298 g/mol. The van der Waals surface area contributed by atoms with Gasteiger partial charge in [0.25, 0.3) is 0 Å². The number of hydrogen-bond acceptors (Lipinski definition) is 5. The lowest BCUT2D eigenvalue weighted by Gasteiger charge is -2.12. The van der Waals surface area contributed by atoms with E-state index in [2.05, 4.69) is 5.32 Å². The van der Waals surface area contributed by atoms with Crippen LogP contribution in [-0.2, 0) is 14.6 Å². The van der Waals surface area contributed by atoms with E-state index in [1.54, 1.807) is 24.3 Å². The van der Waals surface area contributed by atoms with Crippen molar-refractivity contribution in [1.82, 2.24) is 0 Å². The highest BCUT2D eigenvalue weighted by atomic mass is 32.2. The minimum Gasteiger partial charge on any atom is -0.325 e. The van der Waals surface area contributed by atoms with Crippen LogP contribution < -0.4 is 11.1 Å². The van der Waals surface area contributed by atoms with E-state index in [1.807, 2.05) is 0 Å². The maximum atomic E-state index is 11.8. The van der Waals surface area contributed by atoms with Crippen LogP contribution in [0.5, 0.6) is 0 Å². The zero-order valence-corrected chi connectivity index (χ0v) is 12.2. The highest BCUT2D eigenvalue weighted by Gasteiger charge is 2.16. The molecule has 20 heavy (non-hydrogen) atoms. The van der Waals surface area contributed by atoms with Crippen molar-refractivity contribution in [2.24, 2.45) is 5.73 Å². The number of Topliss-reactive ketones (excluding diaryl/α,β-unsaturated/α-hetero) is 1. The maximum Gasteiger partial charge on any atom is 0.241 e. The number of benzene rings is 1. The van der Waals surface area contributed by atoms with Gasteiger partial charge in [-0.1, -0.05) is 12.1 Å². The van der Waals surface area contributed by atoms with E-state index in [-0.39, 0.29) is 18.0 Å². The number of nitrogens with one attached hydrogen (secondary N) is 1. The van der Waals surface area contributed by atoms with Crippen molar-refractivity contribution in [1.29, 1.82) is 0 Å². The first-order chi connectivity index (χ1) is 9.19. The van der Waals surface area contributed by atoms with Gasteiger partial charge in [0.05, 0.1) is 11.8 Å². The Balaban J connectivity index is 2.66. The molecule has 0 bridgehead atoms. The number of amides is 1. The first kappa shape index (κ1) is 16.3. The highest BCUT2D eigenvalue weighted by Crippen LogP contribution is 2.11. The molecule has 0 spiro atoms. The van der Waals surface area contributed by atoms with Crippen LogP contribution in [0.25, 0.3) is 0 Å². The zero-order chi connectivity index (χ0) is 15.3. The van der Waals surface area contributed by atoms with Gasteiger partial charge in [-0.2, -0.15) is 0 Å². The van der Waals surface area contributed by atoms with Gasteiger partial charge in [0.2, 0.25) is 5.91 Å². The molecule has 0 aliphatic heterocycles. The Labute approximate surface area is 118 Å².